The molecular weight excluding hydrogens is 333 g/mol. The Labute approximate surface area is 155 Å². The fourth-order valence-electron chi connectivity index (χ4n) is 3.63. The van der Waals surface area contributed by atoms with Gasteiger partial charge in [-0.15, -0.1) is 0 Å². The monoisotopic (exact) mass is 363 g/mol. The topological polar surface area (TPSA) is 46.1 Å². The van der Waals surface area contributed by atoms with Crippen molar-refractivity contribution in [3.8, 4) is 0 Å². The van der Waals surface area contributed by atoms with E-state index in [1.165, 1.54) is 6.07 Å². The molecule has 0 aromatic heterocycles. The van der Waals surface area contributed by atoms with Crippen molar-refractivity contribution in [2.24, 2.45) is 4.99 Å². The standard InChI is InChI=1S/C20H30FN3O2/c1-20(2,15-6-4-7-16(21)12-15)14-23-19(22-3)24-9-11-26-18(13-24)17-8-5-10-25-17/h4,6-7,12,17-18H,5,8-11,13-14H2,1-3H3,(H,22,23). The molecule has 0 spiro atoms. The van der Waals surface area contributed by atoms with Crippen LogP contribution in [0.4, 0.5) is 4.39 Å². The summed E-state index contributed by atoms with van der Waals surface area (Å²) in [7, 11) is 1.80. The maximum Gasteiger partial charge on any atom is 0.193 e. The van der Waals surface area contributed by atoms with Crippen molar-refractivity contribution >= 4 is 5.96 Å². The van der Waals surface area contributed by atoms with Crippen LogP contribution < -0.4 is 5.32 Å². The van der Waals surface area contributed by atoms with E-state index in [1.807, 2.05) is 6.07 Å². The number of morpholine rings is 1. The predicted octanol–water partition coefficient (Wildman–Crippen LogP) is 2.56. The molecule has 6 heteroatoms. The molecule has 0 saturated carbocycles. The van der Waals surface area contributed by atoms with Crippen molar-refractivity contribution in [1.82, 2.24) is 10.2 Å². The van der Waals surface area contributed by atoms with Crippen molar-refractivity contribution in [2.45, 2.75) is 44.3 Å². The van der Waals surface area contributed by atoms with Gasteiger partial charge in [0.15, 0.2) is 5.96 Å². The van der Waals surface area contributed by atoms with E-state index in [1.54, 1.807) is 19.2 Å². The lowest BCUT2D eigenvalue weighted by molar-refractivity contribution is -0.0817. The van der Waals surface area contributed by atoms with Crippen LogP contribution in [0.5, 0.6) is 0 Å². The van der Waals surface area contributed by atoms with E-state index in [4.69, 9.17) is 9.47 Å². The van der Waals surface area contributed by atoms with E-state index in [-0.39, 0.29) is 23.4 Å². The normalized spacial score (nSPS) is 24.8. The highest BCUT2D eigenvalue weighted by Gasteiger charge is 2.32. The van der Waals surface area contributed by atoms with Gasteiger partial charge in [0.05, 0.1) is 12.7 Å². The summed E-state index contributed by atoms with van der Waals surface area (Å²) in [6, 6.07) is 6.81. The second kappa shape index (κ2) is 8.35. The van der Waals surface area contributed by atoms with Crippen LogP contribution in [-0.4, -0.2) is 63.0 Å². The molecule has 1 N–H and O–H groups in total. The molecule has 3 rings (SSSR count). The molecule has 2 heterocycles. The Balaban J connectivity index is 1.60. The smallest absolute Gasteiger partial charge is 0.193 e. The number of aliphatic imine (C=N–C) groups is 1. The molecule has 1 aromatic rings. The van der Waals surface area contributed by atoms with E-state index in [9.17, 15) is 4.39 Å². The second-order valence-corrected chi connectivity index (χ2v) is 7.70. The van der Waals surface area contributed by atoms with Gasteiger partial charge >= 0.3 is 0 Å². The molecule has 2 saturated heterocycles. The van der Waals surface area contributed by atoms with Crippen LogP contribution in [0.15, 0.2) is 29.3 Å². The van der Waals surface area contributed by atoms with Crippen LogP contribution in [0.25, 0.3) is 0 Å². The molecule has 144 valence electrons. The van der Waals surface area contributed by atoms with Crippen molar-refractivity contribution in [2.75, 3.05) is 39.9 Å². The summed E-state index contributed by atoms with van der Waals surface area (Å²) >= 11 is 0. The number of nitrogens with zero attached hydrogens (tertiary/aromatic N) is 2. The molecule has 0 amide bonds. The number of nitrogens with one attached hydrogen (secondary N) is 1. The molecule has 5 nitrogen and oxygen atoms in total. The summed E-state index contributed by atoms with van der Waals surface area (Å²) < 4.78 is 25.3. The minimum atomic E-state index is -0.210. The Morgan fingerprint density at radius 3 is 2.81 bits per heavy atom. The average molecular weight is 363 g/mol. The molecule has 2 atom stereocenters. The lowest BCUT2D eigenvalue weighted by Crippen LogP contribution is -2.54. The lowest BCUT2D eigenvalue weighted by Gasteiger charge is -2.38. The highest BCUT2D eigenvalue weighted by Crippen LogP contribution is 2.24. The first-order chi connectivity index (χ1) is 12.5. The first-order valence-corrected chi connectivity index (χ1v) is 9.44. The van der Waals surface area contributed by atoms with Gasteiger partial charge in [-0.2, -0.15) is 0 Å². The molecular formula is C20H30FN3O2. The number of ether oxygens (including phenoxy) is 2. The molecule has 0 aliphatic carbocycles. The number of rotatable bonds is 4. The summed E-state index contributed by atoms with van der Waals surface area (Å²) in [4.78, 5) is 6.68. The SMILES string of the molecule is CN=C(NCC(C)(C)c1cccc(F)c1)N1CCOC(C2CCCO2)C1. The van der Waals surface area contributed by atoms with Gasteiger partial charge in [-0.1, -0.05) is 26.0 Å². The fourth-order valence-corrected chi connectivity index (χ4v) is 3.63. The Morgan fingerprint density at radius 2 is 2.12 bits per heavy atom. The average Bonchev–Trinajstić information content (AvgIpc) is 3.17. The van der Waals surface area contributed by atoms with E-state index in [0.717, 1.165) is 44.1 Å². The quantitative estimate of drug-likeness (QED) is 0.660. The van der Waals surface area contributed by atoms with Crippen LogP contribution in [0.2, 0.25) is 0 Å². The molecule has 0 radical (unpaired) electrons. The molecule has 2 aliphatic heterocycles. The largest absolute Gasteiger partial charge is 0.375 e. The van der Waals surface area contributed by atoms with Gasteiger partial charge in [0.2, 0.25) is 0 Å². The molecule has 2 fully saturated rings. The summed E-state index contributed by atoms with van der Waals surface area (Å²) in [5.41, 5.74) is 0.762. The molecule has 2 aliphatic rings. The number of halogens is 1. The number of hydrogen-bond donors (Lipinski definition) is 1. The van der Waals surface area contributed by atoms with Gasteiger partial charge in [0.1, 0.15) is 11.9 Å². The second-order valence-electron chi connectivity index (χ2n) is 7.70. The van der Waals surface area contributed by atoms with Crippen LogP contribution >= 0.6 is 0 Å². The van der Waals surface area contributed by atoms with Gasteiger partial charge < -0.3 is 19.7 Å². The third-order valence-electron chi connectivity index (χ3n) is 5.28. The van der Waals surface area contributed by atoms with Crippen LogP contribution in [0.1, 0.15) is 32.3 Å². The van der Waals surface area contributed by atoms with Crippen molar-refractivity contribution < 1.29 is 13.9 Å². The summed E-state index contributed by atoms with van der Waals surface area (Å²) in [6.07, 6.45) is 2.47. The zero-order valence-electron chi connectivity index (χ0n) is 16.0. The molecule has 1 aromatic carbocycles. The van der Waals surface area contributed by atoms with Gasteiger partial charge in [0, 0.05) is 38.7 Å². The van der Waals surface area contributed by atoms with Crippen LogP contribution in [0, 0.1) is 5.82 Å². The highest BCUT2D eigenvalue weighted by molar-refractivity contribution is 5.80. The van der Waals surface area contributed by atoms with Crippen LogP contribution in [0.3, 0.4) is 0 Å². The van der Waals surface area contributed by atoms with Gasteiger partial charge in [-0.25, -0.2) is 4.39 Å². The number of hydrogen-bond acceptors (Lipinski definition) is 3. The van der Waals surface area contributed by atoms with Gasteiger partial charge in [0.25, 0.3) is 0 Å². The van der Waals surface area contributed by atoms with Crippen molar-refractivity contribution in [3.63, 3.8) is 0 Å². The van der Waals surface area contributed by atoms with Gasteiger partial charge in [-0.05, 0) is 30.5 Å². The third-order valence-corrected chi connectivity index (χ3v) is 5.28. The maximum absolute atomic E-state index is 13.6. The van der Waals surface area contributed by atoms with Crippen molar-refractivity contribution in [1.29, 1.82) is 0 Å². The first-order valence-electron chi connectivity index (χ1n) is 9.44. The van der Waals surface area contributed by atoms with E-state index < -0.39 is 0 Å². The minimum Gasteiger partial charge on any atom is -0.375 e. The Hall–Kier alpha value is -1.66. The van der Waals surface area contributed by atoms with E-state index in [0.29, 0.717) is 13.2 Å². The highest BCUT2D eigenvalue weighted by atomic mass is 19.1. The Bertz CT molecular complexity index is 629. The Kier molecular flexibility index (Phi) is 6.14. The number of guanidine groups is 1. The predicted molar refractivity (Wildman–Crippen MR) is 101 cm³/mol. The summed E-state index contributed by atoms with van der Waals surface area (Å²) in [6.45, 7) is 7.99. The molecule has 2 unspecified atom stereocenters. The first kappa shape index (κ1) is 19.1. The minimum absolute atomic E-state index is 0.0982. The Morgan fingerprint density at radius 1 is 1.31 bits per heavy atom. The van der Waals surface area contributed by atoms with Crippen LogP contribution in [-0.2, 0) is 14.9 Å². The zero-order valence-corrected chi connectivity index (χ0v) is 16.0. The van der Waals surface area contributed by atoms with E-state index in [2.05, 4.69) is 29.1 Å². The zero-order chi connectivity index (χ0) is 18.6. The fraction of sp³-hybridized carbons (Fsp3) is 0.650. The van der Waals surface area contributed by atoms with E-state index >= 15 is 0 Å². The maximum atomic E-state index is 13.6. The van der Waals surface area contributed by atoms with Gasteiger partial charge in [-0.3, -0.25) is 4.99 Å². The summed E-state index contributed by atoms with van der Waals surface area (Å²) in [5.74, 6) is 0.660. The lowest BCUT2D eigenvalue weighted by atomic mass is 9.84. The molecule has 26 heavy (non-hydrogen) atoms. The number of benzene rings is 1. The molecule has 0 bridgehead atoms. The van der Waals surface area contributed by atoms with Crippen molar-refractivity contribution in [3.05, 3.63) is 35.6 Å². The summed E-state index contributed by atoms with van der Waals surface area (Å²) in [5, 5.41) is 3.47. The third kappa shape index (κ3) is 4.54.